The molecule has 2 aromatic rings. The summed E-state index contributed by atoms with van der Waals surface area (Å²) in [5.41, 5.74) is 8.47. The zero-order chi connectivity index (χ0) is 9.26. The Morgan fingerprint density at radius 2 is 2.38 bits per heavy atom. The highest BCUT2D eigenvalue weighted by molar-refractivity contribution is 5.86. The zero-order valence-electron chi connectivity index (χ0n) is 7.33. The highest BCUT2D eigenvalue weighted by Crippen LogP contribution is 2.18. The van der Waals surface area contributed by atoms with Gasteiger partial charge in [-0.05, 0) is 7.05 Å². The van der Waals surface area contributed by atoms with Crippen LogP contribution in [0.25, 0.3) is 11.0 Å². The molecule has 0 amide bonds. The van der Waals surface area contributed by atoms with Crippen LogP contribution in [0.3, 0.4) is 0 Å². The van der Waals surface area contributed by atoms with Crippen molar-refractivity contribution in [3.05, 3.63) is 18.1 Å². The largest absolute Gasteiger partial charge is 0.382 e. The van der Waals surface area contributed by atoms with E-state index in [0.717, 1.165) is 23.1 Å². The predicted octanol–water partition coefficient (Wildman–Crippen LogP) is 0.259. The van der Waals surface area contributed by atoms with Gasteiger partial charge in [0.15, 0.2) is 5.82 Å². The van der Waals surface area contributed by atoms with Crippen LogP contribution < -0.4 is 11.1 Å². The zero-order valence-corrected chi connectivity index (χ0v) is 7.33. The highest BCUT2D eigenvalue weighted by Gasteiger charge is 2.06. The van der Waals surface area contributed by atoms with Gasteiger partial charge in [0.05, 0.1) is 5.52 Å². The van der Waals surface area contributed by atoms with E-state index < -0.39 is 0 Å². The van der Waals surface area contributed by atoms with E-state index in [1.54, 1.807) is 0 Å². The number of fused-ring (bicyclic) bond motifs is 1. The number of nitrogens with zero attached hydrogens (tertiary/aromatic N) is 2. The Kier molecular flexibility index (Phi) is 1.86. The summed E-state index contributed by atoms with van der Waals surface area (Å²) in [6.07, 6.45) is 3.37. The number of H-pyrrole nitrogens is 1. The van der Waals surface area contributed by atoms with Crippen molar-refractivity contribution in [2.75, 3.05) is 12.8 Å². The van der Waals surface area contributed by atoms with Crippen LogP contribution in [0.5, 0.6) is 0 Å². The fourth-order valence-electron chi connectivity index (χ4n) is 1.34. The summed E-state index contributed by atoms with van der Waals surface area (Å²) in [5.74, 6) is 0.493. The molecule has 0 aliphatic heterocycles. The van der Waals surface area contributed by atoms with E-state index in [1.807, 2.05) is 13.2 Å². The maximum Gasteiger partial charge on any atom is 0.151 e. The maximum absolute atomic E-state index is 5.66. The normalized spacial score (nSPS) is 10.8. The molecule has 0 aliphatic carbocycles. The van der Waals surface area contributed by atoms with Crippen molar-refractivity contribution in [2.45, 2.75) is 6.54 Å². The average molecular weight is 177 g/mol. The molecule has 0 aliphatic rings. The van der Waals surface area contributed by atoms with Crippen LogP contribution >= 0.6 is 0 Å². The molecule has 0 bridgehead atoms. The minimum absolute atomic E-state index is 0.493. The molecule has 5 heteroatoms. The Morgan fingerprint density at radius 3 is 3.15 bits per heavy atom. The number of nitrogen functional groups attached to an aromatic ring is 1. The Morgan fingerprint density at radius 1 is 1.54 bits per heavy atom. The topological polar surface area (TPSA) is 79.6 Å². The summed E-state index contributed by atoms with van der Waals surface area (Å²) in [4.78, 5) is 11.1. The minimum atomic E-state index is 0.493. The second kappa shape index (κ2) is 3.02. The van der Waals surface area contributed by atoms with Crippen molar-refractivity contribution in [2.24, 2.45) is 0 Å². The molecule has 0 saturated heterocycles. The lowest BCUT2D eigenvalue weighted by Crippen LogP contribution is -2.04. The van der Waals surface area contributed by atoms with Gasteiger partial charge < -0.3 is 16.0 Å². The van der Waals surface area contributed by atoms with Crippen LogP contribution in [-0.2, 0) is 6.54 Å². The van der Waals surface area contributed by atoms with Crippen LogP contribution in [0.2, 0.25) is 0 Å². The van der Waals surface area contributed by atoms with Crippen molar-refractivity contribution in [1.82, 2.24) is 20.3 Å². The average Bonchev–Trinajstić information content (AvgIpc) is 2.51. The van der Waals surface area contributed by atoms with Crippen LogP contribution in [0.15, 0.2) is 12.5 Å². The van der Waals surface area contributed by atoms with Gasteiger partial charge in [0.1, 0.15) is 11.8 Å². The summed E-state index contributed by atoms with van der Waals surface area (Å²) >= 11 is 0. The van der Waals surface area contributed by atoms with Crippen molar-refractivity contribution >= 4 is 16.9 Å². The third-order valence-electron chi connectivity index (χ3n) is 1.94. The van der Waals surface area contributed by atoms with Gasteiger partial charge in [0, 0.05) is 18.3 Å². The molecule has 0 spiro atoms. The molecule has 68 valence electrons. The molecule has 2 heterocycles. The molecule has 4 N–H and O–H groups in total. The van der Waals surface area contributed by atoms with Gasteiger partial charge in [0.25, 0.3) is 0 Å². The van der Waals surface area contributed by atoms with E-state index in [9.17, 15) is 0 Å². The highest BCUT2D eigenvalue weighted by atomic mass is 15.0. The summed E-state index contributed by atoms with van der Waals surface area (Å²) < 4.78 is 0. The standard InChI is InChI=1S/C8H11N5/c1-10-2-5-3-11-7-6(5)12-4-13-8(7)9/h3-4,10-11H,2H2,1H3,(H2,9,12,13). The molecule has 0 atom stereocenters. The van der Waals surface area contributed by atoms with Gasteiger partial charge in [-0.2, -0.15) is 0 Å². The Labute approximate surface area is 75.4 Å². The number of anilines is 1. The van der Waals surface area contributed by atoms with Gasteiger partial charge >= 0.3 is 0 Å². The molecule has 13 heavy (non-hydrogen) atoms. The van der Waals surface area contributed by atoms with Gasteiger partial charge in [-0.3, -0.25) is 0 Å². The summed E-state index contributed by atoms with van der Waals surface area (Å²) in [7, 11) is 1.89. The molecule has 0 unspecified atom stereocenters. The number of hydrogen-bond acceptors (Lipinski definition) is 4. The first-order valence-corrected chi connectivity index (χ1v) is 4.04. The predicted molar refractivity (Wildman–Crippen MR) is 51.1 cm³/mol. The lowest BCUT2D eigenvalue weighted by Gasteiger charge is -1.96. The van der Waals surface area contributed by atoms with Crippen LogP contribution in [0, 0.1) is 0 Å². The molecule has 0 aromatic carbocycles. The molecular weight excluding hydrogens is 166 g/mol. The van der Waals surface area contributed by atoms with Crippen molar-refractivity contribution < 1.29 is 0 Å². The number of aromatic nitrogens is 3. The molecule has 5 nitrogen and oxygen atoms in total. The second-order valence-electron chi connectivity index (χ2n) is 2.83. The van der Waals surface area contributed by atoms with Gasteiger partial charge in [-0.15, -0.1) is 0 Å². The molecule has 0 saturated carbocycles. The third kappa shape index (κ3) is 1.23. The monoisotopic (exact) mass is 177 g/mol. The third-order valence-corrected chi connectivity index (χ3v) is 1.94. The summed E-state index contributed by atoms with van der Waals surface area (Å²) in [5, 5.41) is 3.06. The van der Waals surface area contributed by atoms with Gasteiger partial charge in [0.2, 0.25) is 0 Å². The summed E-state index contributed by atoms with van der Waals surface area (Å²) in [6, 6.07) is 0. The van der Waals surface area contributed by atoms with Crippen molar-refractivity contribution in [1.29, 1.82) is 0 Å². The Hall–Kier alpha value is -1.62. The number of nitrogens with one attached hydrogen (secondary N) is 2. The van der Waals surface area contributed by atoms with Crippen molar-refractivity contribution in [3.63, 3.8) is 0 Å². The molecule has 0 radical (unpaired) electrons. The van der Waals surface area contributed by atoms with E-state index >= 15 is 0 Å². The number of aromatic amines is 1. The van der Waals surface area contributed by atoms with E-state index in [4.69, 9.17) is 5.73 Å². The maximum atomic E-state index is 5.66. The van der Waals surface area contributed by atoms with Gasteiger partial charge in [-0.25, -0.2) is 9.97 Å². The smallest absolute Gasteiger partial charge is 0.151 e. The van der Waals surface area contributed by atoms with Crippen molar-refractivity contribution in [3.8, 4) is 0 Å². The van der Waals surface area contributed by atoms with Crippen LogP contribution in [-0.4, -0.2) is 22.0 Å². The van der Waals surface area contributed by atoms with Gasteiger partial charge in [-0.1, -0.05) is 0 Å². The fraction of sp³-hybridized carbons (Fsp3) is 0.250. The first-order chi connectivity index (χ1) is 6.33. The van der Waals surface area contributed by atoms with E-state index in [-0.39, 0.29) is 0 Å². The van der Waals surface area contributed by atoms with Crippen LogP contribution in [0.1, 0.15) is 5.56 Å². The van der Waals surface area contributed by atoms with E-state index in [2.05, 4.69) is 20.3 Å². The first-order valence-electron chi connectivity index (χ1n) is 4.04. The molecule has 0 fully saturated rings. The second-order valence-corrected chi connectivity index (χ2v) is 2.83. The first kappa shape index (κ1) is 8.00. The molecule has 2 rings (SSSR count). The number of nitrogens with two attached hydrogens (primary N) is 1. The fourth-order valence-corrected chi connectivity index (χ4v) is 1.34. The quantitative estimate of drug-likeness (QED) is 0.614. The molecule has 2 aromatic heterocycles. The molecular formula is C8H11N5. The Bertz CT molecular complexity index is 419. The van der Waals surface area contributed by atoms with Crippen LogP contribution in [0.4, 0.5) is 5.82 Å². The lowest BCUT2D eigenvalue weighted by molar-refractivity contribution is 0.821. The minimum Gasteiger partial charge on any atom is -0.382 e. The summed E-state index contributed by atoms with van der Waals surface area (Å²) in [6.45, 7) is 0.774. The number of rotatable bonds is 2. The SMILES string of the molecule is CNCc1c[nH]c2c(N)ncnc12. The van der Waals surface area contributed by atoms with E-state index in [1.165, 1.54) is 6.33 Å². The van der Waals surface area contributed by atoms with E-state index in [0.29, 0.717) is 5.82 Å². The lowest BCUT2D eigenvalue weighted by atomic mass is 10.3. The Balaban J connectivity index is 2.61. The number of hydrogen-bond donors (Lipinski definition) is 3.